The average molecular weight is 365 g/mol. The number of ether oxygens (including phenoxy) is 2. The molecule has 0 spiro atoms. The zero-order chi connectivity index (χ0) is 19.2. The largest absolute Gasteiger partial charge is 0.493 e. The molecule has 0 bridgehead atoms. The Morgan fingerprint density at radius 1 is 1.11 bits per heavy atom. The van der Waals surface area contributed by atoms with Crippen molar-refractivity contribution in [3.8, 4) is 22.8 Å². The summed E-state index contributed by atoms with van der Waals surface area (Å²) < 4.78 is 10.6. The lowest BCUT2D eigenvalue weighted by molar-refractivity contribution is 0.0930. The predicted molar refractivity (Wildman–Crippen MR) is 104 cm³/mol. The van der Waals surface area contributed by atoms with Gasteiger partial charge < -0.3 is 19.8 Å². The van der Waals surface area contributed by atoms with Gasteiger partial charge in [0.15, 0.2) is 11.5 Å². The molecule has 1 aromatic heterocycles. The number of carbonyl (C=O) groups is 1. The van der Waals surface area contributed by atoms with Crippen LogP contribution in [0.4, 0.5) is 0 Å². The number of benzene rings is 2. The first kappa shape index (κ1) is 18.5. The molecule has 1 amide bonds. The zero-order valence-electron chi connectivity index (χ0n) is 15.7. The molecule has 2 aromatic carbocycles. The lowest BCUT2D eigenvalue weighted by Gasteiger charge is -2.17. The fourth-order valence-corrected chi connectivity index (χ4v) is 2.94. The van der Waals surface area contributed by atoms with Crippen LogP contribution in [-0.4, -0.2) is 30.1 Å². The van der Waals surface area contributed by atoms with E-state index in [4.69, 9.17) is 9.47 Å². The Bertz CT molecular complexity index is 906. The molecule has 0 aliphatic heterocycles. The summed E-state index contributed by atoms with van der Waals surface area (Å²) in [6.45, 7) is 2.00. The van der Waals surface area contributed by atoms with Gasteiger partial charge in [-0.2, -0.15) is 0 Å². The third-order valence-corrected chi connectivity index (χ3v) is 4.37. The highest BCUT2D eigenvalue weighted by Gasteiger charge is 2.21. The van der Waals surface area contributed by atoms with Crippen LogP contribution in [0.5, 0.6) is 11.5 Å². The summed E-state index contributed by atoms with van der Waals surface area (Å²) in [5.74, 6) is 1.40. The van der Waals surface area contributed by atoms with E-state index >= 15 is 0 Å². The van der Waals surface area contributed by atoms with Gasteiger partial charge in [0.1, 0.15) is 5.82 Å². The van der Waals surface area contributed by atoms with E-state index in [9.17, 15) is 4.79 Å². The minimum atomic E-state index is -0.245. The number of nitrogens with one attached hydrogen (secondary N) is 2. The Morgan fingerprint density at radius 3 is 2.56 bits per heavy atom. The summed E-state index contributed by atoms with van der Waals surface area (Å²) in [4.78, 5) is 20.6. The number of aromatic nitrogens is 2. The highest BCUT2D eigenvalue weighted by molar-refractivity contribution is 5.98. The lowest BCUT2D eigenvalue weighted by Crippen LogP contribution is -2.29. The minimum Gasteiger partial charge on any atom is -0.493 e. The molecular weight excluding hydrogens is 342 g/mol. The molecule has 6 nitrogen and oxygen atoms in total. The van der Waals surface area contributed by atoms with Gasteiger partial charge in [0, 0.05) is 0 Å². The smallest absolute Gasteiger partial charge is 0.255 e. The highest BCUT2D eigenvalue weighted by atomic mass is 16.5. The summed E-state index contributed by atoms with van der Waals surface area (Å²) in [5.41, 5.74) is 2.38. The van der Waals surface area contributed by atoms with Crippen molar-refractivity contribution >= 4 is 5.91 Å². The van der Waals surface area contributed by atoms with Crippen molar-refractivity contribution in [2.45, 2.75) is 19.4 Å². The number of H-pyrrole nitrogens is 1. The van der Waals surface area contributed by atoms with Gasteiger partial charge in [-0.1, -0.05) is 43.3 Å². The molecule has 2 N–H and O–H groups in total. The molecule has 0 saturated carbocycles. The molecule has 3 aromatic rings. The molecule has 0 aliphatic carbocycles. The second kappa shape index (κ2) is 8.40. The third-order valence-electron chi connectivity index (χ3n) is 4.37. The van der Waals surface area contributed by atoms with Crippen LogP contribution in [0.25, 0.3) is 11.3 Å². The summed E-state index contributed by atoms with van der Waals surface area (Å²) in [6, 6.07) is 14.9. The van der Waals surface area contributed by atoms with Crippen LogP contribution in [0.3, 0.4) is 0 Å². The standard InChI is InChI=1S/C21H23N3O3/c1-4-16(20-22-13-17(23-20)14-9-6-5-7-10-14)24-21(25)15-11-8-12-18(26-2)19(15)27-3/h5-13,16H,4H2,1-3H3,(H,22,23)(H,24,25). The SMILES string of the molecule is CCC(NC(=O)c1cccc(OC)c1OC)c1ncc(-c2ccccc2)[nH]1. The summed E-state index contributed by atoms with van der Waals surface area (Å²) >= 11 is 0. The van der Waals surface area contributed by atoms with Gasteiger partial charge >= 0.3 is 0 Å². The number of carbonyl (C=O) groups excluding carboxylic acids is 1. The maximum absolute atomic E-state index is 12.8. The molecule has 6 heteroatoms. The number of amides is 1. The number of rotatable bonds is 7. The van der Waals surface area contributed by atoms with Crippen LogP contribution in [-0.2, 0) is 0 Å². The van der Waals surface area contributed by atoms with Gasteiger partial charge in [0.05, 0.1) is 37.7 Å². The van der Waals surface area contributed by atoms with E-state index in [0.29, 0.717) is 29.3 Å². The highest BCUT2D eigenvalue weighted by Crippen LogP contribution is 2.31. The van der Waals surface area contributed by atoms with E-state index < -0.39 is 0 Å². The second-order valence-electron chi connectivity index (χ2n) is 6.02. The topological polar surface area (TPSA) is 76.2 Å². The quantitative estimate of drug-likeness (QED) is 0.664. The van der Waals surface area contributed by atoms with Crippen LogP contribution >= 0.6 is 0 Å². The van der Waals surface area contributed by atoms with Crippen molar-refractivity contribution in [1.82, 2.24) is 15.3 Å². The van der Waals surface area contributed by atoms with E-state index in [-0.39, 0.29) is 11.9 Å². The first-order valence-electron chi connectivity index (χ1n) is 8.80. The minimum absolute atomic E-state index is 0.240. The number of nitrogens with zero attached hydrogens (tertiary/aromatic N) is 1. The number of hydrogen-bond acceptors (Lipinski definition) is 4. The fraction of sp³-hybridized carbons (Fsp3) is 0.238. The molecule has 1 atom stereocenters. The molecule has 0 saturated heterocycles. The molecular formula is C21H23N3O3. The summed E-state index contributed by atoms with van der Waals surface area (Å²) in [7, 11) is 3.06. The van der Waals surface area contributed by atoms with Crippen molar-refractivity contribution in [2.75, 3.05) is 14.2 Å². The van der Waals surface area contributed by atoms with Crippen molar-refractivity contribution in [1.29, 1.82) is 0 Å². The van der Waals surface area contributed by atoms with E-state index in [0.717, 1.165) is 11.3 Å². The van der Waals surface area contributed by atoms with Crippen LogP contribution in [0.15, 0.2) is 54.7 Å². The van der Waals surface area contributed by atoms with Crippen molar-refractivity contribution < 1.29 is 14.3 Å². The zero-order valence-corrected chi connectivity index (χ0v) is 15.7. The van der Waals surface area contributed by atoms with Crippen LogP contribution in [0, 0.1) is 0 Å². The first-order chi connectivity index (χ1) is 13.2. The third kappa shape index (κ3) is 3.95. The molecule has 140 valence electrons. The summed E-state index contributed by atoms with van der Waals surface area (Å²) in [6.07, 6.45) is 2.48. The Balaban J connectivity index is 1.82. The van der Waals surface area contributed by atoms with Crippen LogP contribution in [0.1, 0.15) is 35.6 Å². The van der Waals surface area contributed by atoms with Gasteiger partial charge in [-0.15, -0.1) is 0 Å². The second-order valence-corrected chi connectivity index (χ2v) is 6.02. The molecule has 0 aliphatic rings. The van der Waals surface area contributed by atoms with Gasteiger partial charge in [0.2, 0.25) is 0 Å². The predicted octanol–water partition coefficient (Wildman–Crippen LogP) is 3.98. The van der Waals surface area contributed by atoms with Gasteiger partial charge in [-0.25, -0.2) is 4.98 Å². The Labute approximate surface area is 158 Å². The average Bonchev–Trinajstić information content (AvgIpc) is 3.21. The molecule has 3 rings (SSSR count). The maximum Gasteiger partial charge on any atom is 0.255 e. The lowest BCUT2D eigenvalue weighted by atomic mass is 10.1. The van der Waals surface area contributed by atoms with Crippen molar-refractivity contribution in [2.24, 2.45) is 0 Å². The van der Waals surface area contributed by atoms with E-state index in [1.54, 1.807) is 31.5 Å². The first-order valence-corrected chi connectivity index (χ1v) is 8.80. The number of aromatic amines is 1. The normalized spacial score (nSPS) is 11.7. The Morgan fingerprint density at radius 2 is 1.89 bits per heavy atom. The Kier molecular flexibility index (Phi) is 5.76. The van der Waals surface area contributed by atoms with E-state index in [2.05, 4.69) is 15.3 Å². The molecule has 1 unspecified atom stereocenters. The van der Waals surface area contributed by atoms with E-state index in [1.165, 1.54) is 7.11 Å². The maximum atomic E-state index is 12.8. The molecule has 0 radical (unpaired) electrons. The number of para-hydroxylation sites is 1. The molecule has 1 heterocycles. The van der Waals surface area contributed by atoms with Gasteiger partial charge in [0.25, 0.3) is 5.91 Å². The Hall–Kier alpha value is -3.28. The number of hydrogen-bond donors (Lipinski definition) is 2. The molecule has 0 fully saturated rings. The van der Waals surface area contributed by atoms with E-state index in [1.807, 2.05) is 37.3 Å². The fourth-order valence-electron chi connectivity index (χ4n) is 2.94. The van der Waals surface area contributed by atoms with Crippen molar-refractivity contribution in [3.05, 3.63) is 66.1 Å². The number of methoxy groups -OCH3 is 2. The van der Waals surface area contributed by atoms with Gasteiger partial charge in [-0.05, 0) is 24.1 Å². The van der Waals surface area contributed by atoms with Gasteiger partial charge in [-0.3, -0.25) is 4.79 Å². The van der Waals surface area contributed by atoms with Crippen LogP contribution in [0.2, 0.25) is 0 Å². The summed E-state index contributed by atoms with van der Waals surface area (Å²) in [5, 5.41) is 3.02. The van der Waals surface area contributed by atoms with Crippen molar-refractivity contribution in [3.63, 3.8) is 0 Å². The molecule has 27 heavy (non-hydrogen) atoms. The monoisotopic (exact) mass is 365 g/mol. The van der Waals surface area contributed by atoms with Crippen LogP contribution < -0.4 is 14.8 Å². The number of imidazole rings is 1.